The van der Waals surface area contributed by atoms with Gasteiger partial charge in [-0.1, -0.05) is 20.8 Å². The Hall–Kier alpha value is -0.593. The smallest absolute Gasteiger partial charge is 0.412 e. The highest BCUT2D eigenvalue weighted by Gasteiger charge is 2.57. The van der Waals surface area contributed by atoms with Crippen molar-refractivity contribution in [3.05, 3.63) is 0 Å². The van der Waals surface area contributed by atoms with Gasteiger partial charge in [-0.2, -0.15) is 0 Å². The fourth-order valence-corrected chi connectivity index (χ4v) is 4.68. The summed E-state index contributed by atoms with van der Waals surface area (Å²) in [6.07, 6.45) is 0.587. The first-order valence-corrected chi connectivity index (χ1v) is 11.3. The molecule has 0 aromatic rings. The van der Waals surface area contributed by atoms with Crippen LogP contribution in [-0.4, -0.2) is 51.6 Å². The van der Waals surface area contributed by atoms with Crippen LogP contribution < -0.4 is 0 Å². The number of hydrogen-bond acceptors (Lipinski definition) is 4. The summed E-state index contributed by atoms with van der Waals surface area (Å²) < 4.78 is 17.6. The summed E-state index contributed by atoms with van der Waals surface area (Å²) in [6.45, 7) is 17.5. The van der Waals surface area contributed by atoms with Crippen molar-refractivity contribution in [1.29, 1.82) is 0 Å². The van der Waals surface area contributed by atoms with Gasteiger partial charge in [0.1, 0.15) is 5.60 Å². The average Bonchev–Trinajstić information content (AvgIpc) is 2.64. The molecule has 0 aromatic carbocycles. The van der Waals surface area contributed by atoms with Crippen LogP contribution in [0.3, 0.4) is 0 Å². The molecular weight excluding hydrogens is 310 g/mol. The minimum absolute atomic E-state index is 0.0125. The third-order valence-electron chi connectivity index (χ3n) is 4.09. The summed E-state index contributed by atoms with van der Waals surface area (Å²) in [6, 6.07) is 0. The van der Waals surface area contributed by atoms with Crippen LogP contribution in [0.25, 0.3) is 0 Å². The molecular formula is C17H35NO4Si. The van der Waals surface area contributed by atoms with Crippen molar-refractivity contribution in [2.75, 3.05) is 20.3 Å². The first-order chi connectivity index (χ1) is 10.3. The van der Waals surface area contributed by atoms with Gasteiger partial charge in [-0.15, -0.1) is 0 Å². The highest BCUT2D eigenvalue weighted by atomic mass is 28.3. The number of likely N-dealkylation sites (tertiary alicyclic amines) is 1. The Balaban J connectivity index is 3.24. The maximum atomic E-state index is 12.8. The van der Waals surface area contributed by atoms with Crippen LogP contribution in [0.2, 0.25) is 13.1 Å². The molecule has 1 aliphatic heterocycles. The lowest BCUT2D eigenvalue weighted by atomic mass is 9.74. The zero-order valence-electron chi connectivity index (χ0n) is 16.4. The molecule has 1 heterocycles. The fraction of sp³-hybridized carbons (Fsp3) is 0.941. The predicted octanol–water partition coefficient (Wildman–Crippen LogP) is 3.63. The fourth-order valence-electron chi connectivity index (χ4n) is 3.51. The second-order valence-corrected chi connectivity index (χ2v) is 11.1. The first kappa shape index (κ1) is 20.5. The molecule has 1 saturated heterocycles. The Morgan fingerprint density at radius 3 is 2.17 bits per heavy atom. The lowest BCUT2D eigenvalue weighted by Crippen LogP contribution is -2.60. The van der Waals surface area contributed by atoms with E-state index in [1.807, 2.05) is 20.8 Å². The molecule has 0 bridgehead atoms. The summed E-state index contributed by atoms with van der Waals surface area (Å²) in [5.41, 5.74) is -1.24. The van der Waals surface area contributed by atoms with E-state index in [9.17, 15) is 4.79 Å². The lowest BCUT2D eigenvalue weighted by Gasteiger charge is -2.47. The Morgan fingerprint density at radius 2 is 1.78 bits per heavy atom. The number of amides is 1. The van der Waals surface area contributed by atoms with Crippen molar-refractivity contribution in [2.45, 2.75) is 72.4 Å². The molecule has 1 rings (SSSR count). The number of carbonyl (C=O) groups excluding carboxylic acids is 1. The van der Waals surface area contributed by atoms with Gasteiger partial charge in [0.05, 0.1) is 6.61 Å². The molecule has 0 spiro atoms. The minimum atomic E-state index is -1.39. The molecule has 0 radical (unpaired) electrons. The summed E-state index contributed by atoms with van der Waals surface area (Å²) in [5, 5.41) is 0. The van der Waals surface area contributed by atoms with Gasteiger partial charge >= 0.3 is 6.09 Å². The number of nitrogens with zero attached hydrogens (tertiary/aromatic N) is 1. The lowest BCUT2D eigenvalue weighted by molar-refractivity contribution is -0.146. The summed E-state index contributed by atoms with van der Waals surface area (Å²) in [4.78, 5) is 14.6. The maximum absolute atomic E-state index is 12.8. The van der Waals surface area contributed by atoms with Crippen LogP contribution in [0, 0.1) is 11.3 Å². The molecule has 1 amide bonds. The van der Waals surface area contributed by atoms with E-state index in [4.69, 9.17) is 13.9 Å². The van der Waals surface area contributed by atoms with E-state index >= 15 is 0 Å². The number of carbonyl (C=O) groups is 1. The van der Waals surface area contributed by atoms with Gasteiger partial charge in [-0.25, -0.2) is 4.79 Å². The van der Waals surface area contributed by atoms with Crippen LogP contribution in [0.4, 0.5) is 4.79 Å². The largest absolute Gasteiger partial charge is 0.444 e. The molecule has 0 N–H and O–H groups in total. The van der Waals surface area contributed by atoms with Gasteiger partial charge in [0, 0.05) is 19.6 Å². The zero-order valence-corrected chi connectivity index (χ0v) is 17.5. The standard InChI is InChI=1S/C17H35NO4Si/c1-15(2,3)13-10-11-18(14(19)21-16(4,5)6)17(13,12-20-7)22-23(8)9/h13,23H,10-12H2,1-9H3. The molecule has 136 valence electrons. The van der Waals surface area contributed by atoms with Crippen molar-refractivity contribution in [3.8, 4) is 0 Å². The van der Waals surface area contributed by atoms with E-state index < -0.39 is 20.4 Å². The molecule has 0 saturated carbocycles. The van der Waals surface area contributed by atoms with Crippen LogP contribution in [-0.2, 0) is 13.9 Å². The monoisotopic (exact) mass is 345 g/mol. The number of hydrogen-bond donors (Lipinski definition) is 0. The van der Waals surface area contributed by atoms with Crippen molar-refractivity contribution in [3.63, 3.8) is 0 Å². The van der Waals surface area contributed by atoms with Crippen molar-refractivity contribution < 1.29 is 18.7 Å². The molecule has 0 aliphatic carbocycles. The Morgan fingerprint density at radius 1 is 1.22 bits per heavy atom. The third kappa shape index (κ3) is 4.94. The topological polar surface area (TPSA) is 48.0 Å². The highest BCUT2D eigenvalue weighted by molar-refractivity contribution is 6.48. The number of rotatable bonds is 4. The molecule has 2 unspecified atom stereocenters. The molecule has 1 aliphatic rings. The van der Waals surface area contributed by atoms with E-state index in [2.05, 4.69) is 33.9 Å². The third-order valence-corrected chi connectivity index (χ3v) is 4.97. The van der Waals surface area contributed by atoms with Crippen molar-refractivity contribution in [1.82, 2.24) is 4.90 Å². The molecule has 1 fully saturated rings. The van der Waals surface area contributed by atoms with E-state index in [1.165, 1.54) is 0 Å². The van der Waals surface area contributed by atoms with Gasteiger partial charge in [0.15, 0.2) is 14.8 Å². The number of ether oxygens (including phenoxy) is 2. The zero-order chi connectivity index (χ0) is 18.1. The Labute approximate surface area is 143 Å². The van der Waals surface area contributed by atoms with Gasteiger partial charge in [-0.05, 0) is 45.7 Å². The molecule has 0 aromatic heterocycles. The Kier molecular flexibility index (Phi) is 6.32. The SMILES string of the molecule is COCC1(O[SiH](C)C)C(C(C)(C)C)CCN1C(=O)OC(C)(C)C. The molecule has 2 atom stereocenters. The van der Waals surface area contributed by atoms with Crippen molar-refractivity contribution in [2.24, 2.45) is 11.3 Å². The average molecular weight is 346 g/mol. The molecule has 5 nitrogen and oxygen atoms in total. The first-order valence-electron chi connectivity index (χ1n) is 8.51. The Bertz CT molecular complexity index is 414. The maximum Gasteiger partial charge on any atom is 0.412 e. The highest BCUT2D eigenvalue weighted by Crippen LogP contribution is 2.47. The molecule has 6 heteroatoms. The second kappa shape index (κ2) is 7.11. The van der Waals surface area contributed by atoms with Crippen LogP contribution >= 0.6 is 0 Å². The van der Waals surface area contributed by atoms with E-state index in [1.54, 1.807) is 12.0 Å². The summed E-state index contributed by atoms with van der Waals surface area (Å²) in [7, 11) is 0.270. The van der Waals surface area contributed by atoms with Crippen molar-refractivity contribution >= 4 is 15.1 Å². The quantitative estimate of drug-likeness (QED) is 0.730. The second-order valence-electron chi connectivity index (χ2n) is 8.78. The van der Waals surface area contributed by atoms with E-state index in [0.717, 1.165) is 6.42 Å². The van der Waals surface area contributed by atoms with Gasteiger partial charge in [-0.3, -0.25) is 4.90 Å². The minimum Gasteiger partial charge on any atom is -0.444 e. The van der Waals surface area contributed by atoms with E-state index in [0.29, 0.717) is 13.2 Å². The number of methoxy groups -OCH3 is 1. The van der Waals surface area contributed by atoms with Crippen LogP contribution in [0.1, 0.15) is 48.0 Å². The predicted molar refractivity (Wildman–Crippen MR) is 95.1 cm³/mol. The summed E-state index contributed by atoms with van der Waals surface area (Å²) >= 11 is 0. The summed E-state index contributed by atoms with van der Waals surface area (Å²) in [5.74, 6) is 0.206. The normalized spacial score (nSPS) is 26.0. The van der Waals surface area contributed by atoms with Gasteiger partial charge in [0.2, 0.25) is 0 Å². The van der Waals surface area contributed by atoms with E-state index in [-0.39, 0.29) is 17.4 Å². The van der Waals surface area contributed by atoms with Crippen LogP contribution in [0.15, 0.2) is 0 Å². The molecule has 23 heavy (non-hydrogen) atoms. The van der Waals surface area contributed by atoms with Gasteiger partial charge < -0.3 is 13.9 Å². The van der Waals surface area contributed by atoms with Gasteiger partial charge in [0.25, 0.3) is 0 Å². The van der Waals surface area contributed by atoms with Crippen LogP contribution in [0.5, 0.6) is 0 Å².